The summed E-state index contributed by atoms with van der Waals surface area (Å²) in [5.74, 6) is -0.0477. The Morgan fingerprint density at radius 2 is 2.14 bits per heavy atom. The van der Waals surface area contributed by atoms with Crippen LogP contribution in [0.4, 0.5) is 5.69 Å². The summed E-state index contributed by atoms with van der Waals surface area (Å²) in [5.41, 5.74) is 8.30. The van der Waals surface area contributed by atoms with E-state index in [9.17, 15) is 4.79 Å². The Labute approximate surface area is 123 Å². The Kier molecular flexibility index (Phi) is 4.47. The molecule has 1 aromatic heterocycles. The van der Waals surface area contributed by atoms with Crippen LogP contribution in [0.5, 0.6) is 5.75 Å². The molecule has 1 heterocycles. The van der Waals surface area contributed by atoms with Crippen LogP contribution in [-0.4, -0.2) is 22.9 Å². The molecule has 112 valence electrons. The van der Waals surface area contributed by atoms with Gasteiger partial charge in [-0.05, 0) is 32.0 Å². The molecule has 0 aliphatic heterocycles. The number of ether oxygens (including phenoxy) is 2. The van der Waals surface area contributed by atoms with Gasteiger partial charge in [0.1, 0.15) is 17.9 Å². The minimum absolute atomic E-state index is 0.168. The number of nitrogen functional groups attached to an aromatic ring is 1. The Balaban J connectivity index is 2.11. The number of hydrogen-bond acceptors (Lipinski definition) is 5. The van der Waals surface area contributed by atoms with Crippen LogP contribution in [0, 0.1) is 6.92 Å². The van der Waals surface area contributed by atoms with E-state index >= 15 is 0 Å². The number of hydrogen-bond donors (Lipinski definition) is 1. The highest BCUT2D eigenvalue weighted by molar-refractivity contribution is 5.93. The normalized spacial score (nSPS) is 10.4. The van der Waals surface area contributed by atoms with Gasteiger partial charge in [0, 0.05) is 18.3 Å². The van der Waals surface area contributed by atoms with E-state index in [1.807, 2.05) is 24.6 Å². The minimum atomic E-state index is -0.451. The minimum Gasteiger partial charge on any atom is -0.496 e. The second kappa shape index (κ2) is 6.30. The average Bonchev–Trinajstić information content (AvgIpc) is 2.84. The third-order valence-electron chi connectivity index (χ3n) is 3.08. The van der Waals surface area contributed by atoms with Gasteiger partial charge in [0.25, 0.3) is 0 Å². The van der Waals surface area contributed by atoms with Crippen molar-refractivity contribution in [1.82, 2.24) is 9.78 Å². The lowest BCUT2D eigenvalue weighted by Crippen LogP contribution is -2.10. The van der Waals surface area contributed by atoms with Gasteiger partial charge in [0.15, 0.2) is 0 Å². The molecule has 0 spiro atoms. The summed E-state index contributed by atoms with van der Waals surface area (Å²) in [7, 11) is 1.49. The number of benzene rings is 1. The van der Waals surface area contributed by atoms with Crippen molar-refractivity contribution in [2.75, 3.05) is 12.8 Å². The van der Waals surface area contributed by atoms with Crippen LogP contribution in [0.3, 0.4) is 0 Å². The average molecular weight is 289 g/mol. The summed E-state index contributed by atoms with van der Waals surface area (Å²) in [4.78, 5) is 12.1. The number of anilines is 1. The molecule has 0 radical (unpaired) electrons. The molecular weight excluding hydrogens is 270 g/mol. The Morgan fingerprint density at radius 1 is 1.38 bits per heavy atom. The van der Waals surface area contributed by atoms with Crippen molar-refractivity contribution in [3.8, 4) is 5.75 Å². The summed E-state index contributed by atoms with van der Waals surface area (Å²) >= 11 is 0. The fourth-order valence-electron chi connectivity index (χ4n) is 2.08. The Morgan fingerprint density at radius 3 is 2.81 bits per heavy atom. The summed E-state index contributed by atoms with van der Waals surface area (Å²) in [6, 6.07) is 6.73. The first-order valence-electron chi connectivity index (χ1n) is 6.69. The fraction of sp³-hybridized carbons (Fsp3) is 0.333. The molecule has 0 aliphatic carbocycles. The third-order valence-corrected chi connectivity index (χ3v) is 3.08. The van der Waals surface area contributed by atoms with Crippen LogP contribution >= 0.6 is 0 Å². The zero-order valence-corrected chi connectivity index (χ0v) is 12.4. The first kappa shape index (κ1) is 14.9. The summed E-state index contributed by atoms with van der Waals surface area (Å²) in [6.07, 6.45) is 0. The van der Waals surface area contributed by atoms with Gasteiger partial charge < -0.3 is 15.2 Å². The highest BCUT2D eigenvalue weighted by atomic mass is 16.5. The largest absolute Gasteiger partial charge is 0.496 e. The highest BCUT2D eigenvalue weighted by Crippen LogP contribution is 2.22. The molecule has 0 atom stereocenters. The number of aromatic nitrogens is 2. The van der Waals surface area contributed by atoms with E-state index < -0.39 is 5.97 Å². The lowest BCUT2D eigenvalue weighted by atomic mass is 10.2. The van der Waals surface area contributed by atoms with Gasteiger partial charge in [-0.1, -0.05) is 0 Å². The molecule has 0 bridgehead atoms. The van der Waals surface area contributed by atoms with Gasteiger partial charge in [-0.3, -0.25) is 4.68 Å². The molecule has 1 aromatic carbocycles. The molecule has 2 aromatic rings. The van der Waals surface area contributed by atoms with E-state index in [2.05, 4.69) is 5.10 Å². The zero-order chi connectivity index (χ0) is 15.4. The molecule has 6 nitrogen and oxygen atoms in total. The molecule has 6 heteroatoms. The smallest absolute Gasteiger partial charge is 0.342 e. The predicted octanol–water partition coefficient (Wildman–Crippen LogP) is 2.16. The molecule has 0 amide bonds. The topological polar surface area (TPSA) is 79.4 Å². The van der Waals surface area contributed by atoms with Crippen LogP contribution in [0.15, 0.2) is 24.3 Å². The number of carbonyl (C=O) groups is 1. The van der Waals surface area contributed by atoms with Gasteiger partial charge in [0.2, 0.25) is 0 Å². The van der Waals surface area contributed by atoms with E-state index in [4.69, 9.17) is 15.2 Å². The highest BCUT2D eigenvalue weighted by Gasteiger charge is 2.15. The van der Waals surface area contributed by atoms with Gasteiger partial charge in [-0.25, -0.2) is 4.79 Å². The molecule has 2 rings (SSSR count). The molecule has 2 N–H and O–H groups in total. The summed E-state index contributed by atoms with van der Waals surface area (Å²) in [6.45, 7) is 4.79. The fourth-order valence-corrected chi connectivity index (χ4v) is 2.08. The number of nitrogens with two attached hydrogens (primary N) is 1. The predicted molar refractivity (Wildman–Crippen MR) is 79.2 cm³/mol. The van der Waals surface area contributed by atoms with Gasteiger partial charge in [-0.15, -0.1) is 0 Å². The van der Waals surface area contributed by atoms with Crippen molar-refractivity contribution in [3.63, 3.8) is 0 Å². The Bertz CT molecular complexity index is 650. The van der Waals surface area contributed by atoms with Crippen LogP contribution < -0.4 is 10.5 Å². The third kappa shape index (κ3) is 3.34. The van der Waals surface area contributed by atoms with Crippen LogP contribution in [-0.2, 0) is 17.9 Å². The maximum Gasteiger partial charge on any atom is 0.342 e. The Hall–Kier alpha value is -2.50. The SMILES string of the molecule is CCn1nc(C)cc1COC(=O)c1ccc(N)cc1OC. The number of esters is 1. The second-order valence-corrected chi connectivity index (χ2v) is 4.63. The first-order chi connectivity index (χ1) is 10.0. The van der Waals surface area contributed by atoms with Crippen LogP contribution in [0.1, 0.15) is 28.7 Å². The molecule has 21 heavy (non-hydrogen) atoms. The number of carbonyl (C=O) groups excluding carboxylic acids is 1. The number of methoxy groups -OCH3 is 1. The molecule has 0 unspecified atom stereocenters. The van der Waals surface area contributed by atoms with E-state index in [0.29, 0.717) is 17.0 Å². The van der Waals surface area contributed by atoms with Gasteiger partial charge >= 0.3 is 5.97 Å². The first-order valence-corrected chi connectivity index (χ1v) is 6.69. The van der Waals surface area contributed by atoms with Gasteiger partial charge in [-0.2, -0.15) is 5.10 Å². The van der Waals surface area contributed by atoms with Crippen molar-refractivity contribution in [2.24, 2.45) is 0 Å². The quantitative estimate of drug-likeness (QED) is 0.674. The zero-order valence-electron chi connectivity index (χ0n) is 12.4. The van der Waals surface area contributed by atoms with Crippen molar-refractivity contribution < 1.29 is 14.3 Å². The summed E-state index contributed by atoms with van der Waals surface area (Å²) < 4.78 is 12.3. The molecule has 0 aliphatic rings. The maximum atomic E-state index is 12.1. The number of rotatable bonds is 5. The standard InChI is InChI=1S/C15H19N3O3/c1-4-18-12(7-10(2)17-18)9-21-15(19)13-6-5-11(16)8-14(13)20-3/h5-8H,4,9,16H2,1-3H3. The van der Waals surface area contributed by atoms with E-state index in [-0.39, 0.29) is 6.61 Å². The summed E-state index contributed by atoms with van der Waals surface area (Å²) in [5, 5.41) is 4.31. The van der Waals surface area contributed by atoms with Crippen molar-refractivity contribution in [2.45, 2.75) is 27.0 Å². The number of aryl methyl sites for hydroxylation is 2. The lowest BCUT2D eigenvalue weighted by molar-refractivity contribution is 0.0459. The maximum absolute atomic E-state index is 12.1. The molecule has 0 saturated heterocycles. The van der Waals surface area contributed by atoms with Crippen molar-refractivity contribution >= 4 is 11.7 Å². The molecular formula is C15H19N3O3. The lowest BCUT2D eigenvalue weighted by Gasteiger charge is -2.10. The van der Waals surface area contributed by atoms with Crippen molar-refractivity contribution in [1.29, 1.82) is 0 Å². The van der Waals surface area contributed by atoms with Crippen LogP contribution in [0.25, 0.3) is 0 Å². The van der Waals surface area contributed by atoms with Crippen LogP contribution in [0.2, 0.25) is 0 Å². The van der Waals surface area contributed by atoms with E-state index in [1.54, 1.807) is 18.2 Å². The second-order valence-electron chi connectivity index (χ2n) is 4.63. The van der Waals surface area contributed by atoms with Gasteiger partial charge in [0.05, 0.1) is 18.5 Å². The number of nitrogens with zero attached hydrogens (tertiary/aromatic N) is 2. The molecule has 0 saturated carbocycles. The monoisotopic (exact) mass is 289 g/mol. The molecule has 0 fully saturated rings. The van der Waals surface area contributed by atoms with Crippen molar-refractivity contribution in [3.05, 3.63) is 41.2 Å². The van der Waals surface area contributed by atoms with E-state index in [1.165, 1.54) is 7.11 Å². The van der Waals surface area contributed by atoms with E-state index in [0.717, 1.165) is 17.9 Å².